The summed E-state index contributed by atoms with van der Waals surface area (Å²) in [6, 6.07) is 16.3. The van der Waals surface area contributed by atoms with Gasteiger partial charge in [0.1, 0.15) is 14.1 Å². The lowest BCUT2D eigenvalue weighted by atomic mass is 10.1. The molecule has 1 heterocycles. The summed E-state index contributed by atoms with van der Waals surface area (Å²) < 4.78 is 27.7. The molecule has 0 spiro atoms. The number of hydrogen-bond donors (Lipinski definition) is 0. The maximum Gasteiger partial charge on any atom is 0.244 e. The fraction of sp³-hybridized carbons (Fsp3) is 0.300. The zero-order chi connectivity index (χ0) is 18.2. The Bertz CT molecular complexity index is 920. The van der Waals surface area contributed by atoms with Crippen LogP contribution in [0, 0.1) is 18.4 Å². The Hall–Kier alpha value is -1.87. The monoisotopic (exact) mass is 369 g/mol. The number of rotatable bonds is 3. The van der Waals surface area contributed by atoms with E-state index in [2.05, 4.69) is 31.1 Å². The molecule has 0 aromatic heterocycles. The summed E-state index contributed by atoms with van der Waals surface area (Å²) in [6.45, 7) is 8.44. The molecule has 130 valence electrons. The molecule has 0 aliphatic carbocycles. The van der Waals surface area contributed by atoms with Crippen LogP contribution < -0.4 is 0 Å². The summed E-state index contributed by atoms with van der Waals surface area (Å²) in [4.78, 5) is 0.330. The average Bonchev–Trinajstić information content (AvgIpc) is 3.29. The molecule has 3 atom stereocenters. The summed E-state index contributed by atoms with van der Waals surface area (Å²) in [6.07, 6.45) is 0. The van der Waals surface area contributed by atoms with E-state index >= 15 is 0 Å². The zero-order valence-electron chi connectivity index (χ0n) is 15.0. The summed E-state index contributed by atoms with van der Waals surface area (Å²) in [7, 11) is -5.12. The van der Waals surface area contributed by atoms with E-state index in [0.717, 1.165) is 11.1 Å². The summed E-state index contributed by atoms with van der Waals surface area (Å²) in [5, 5.41) is 0. The van der Waals surface area contributed by atoms with E-state index < -0.39 is 18.1 Å². The molecule has 1 fully saturated rings. The zero-order valence-corrected chi connectivity index (χ0v) is 16.8. The van der Waals surface area contributed by atoms with E-state index in [1.807, 2.05) is 49.4 Å². The average molecular weight is 370 g/mol. The quantitative estimate of drug-likeness (QED) is 0.466. The van der Waals surface area contributed by atoms with Gasteiger partial charge in [-0.3, -0.25) is 0 Å². The Kier molecular flexibility index (Phi) is 4.63. The van der Waals surface area contributed by atoms with E-state index in [4.69, 9.17) is 0 Å². The minimum absolute atomic E-state index is 0.198. The van der Waals surface area contributed by atoms with Crippen LogP contribution in [0.15, 0.2) is 59.5 Å². The molecular weight excluding hydrogens is 346 g/mol. The van der Waals surface area contributed by atoms with Gasteiger partial charge in [0, 0.05) is 0 Å². The Labute approximate surface area is 151 Å². The number of sulfonamides is 1. The third kappa shape index (κ3) is 3.87. The second-order valence-corrected chi connectivity index (χ2v) is 14.1. The van der Waals surface area contributed by atoms with Crippen LogP contribution in [0.3, 0.4) is 0 Å². The van der Waals surface area contributed by atoms with Crippen LogP contribution >= 0.6 is 0 Å². The van der Waals surface area contributed by atoms with E-state index in [1.54, 1.807) is 16.4 Å². The maximum absolute atomic E-state index is 13.1. The summed E-state index contributed by atoms with van der Waals surface area (Å²) in [5.41, 5.74) is 5.36. The predicted octanol–water partition coefficient (Wildman–Crippen LogP) is 3.99. The Balaban J connectivity index is 1.99. The van der Waals surface area contributed by atoms with Crippen molar-refractivity contribution < 1.29 is 8.42 Å². The van der Waals surface area contributed by atoms with Crippen LogP contribution in [0.25, 0.3) is 0 Å². The molecule has 25 heavy (non-hydrogen) atoms. The third-order valence-electron chi connectivity index (χ3n) is 4.09. The Morgan fingerprint density at radius 1 is 0.960 bits per heavy atom. The van der Waals surface area contributed by atoms with Gasteiger partial charge in [-0.15, -0.1) is 5.54 Å². The third-order valence-corrected chi connectivity index (χ3v) is 6.86. The molecule has 3 nitrogen and oxygen atoms in total. The topological polar surface area (TPSA) is 37.1 Å². The van der Waals surface area contributed by atoms with Crippen molar-refractivity contribution in [3.05, 3.63) is 65.7 Å². The highest BCUT2D eigenvalue weighted by molar-refractivity contribution is 7.89. The molecular formula is C20H23NO2SSi. The van der Waals surface area contributed by atoms with Crippen LogP contribution in [-0.4, -0.2) is 26.8 Å². The molecule has 1 unspecified atom stereocenters. The SMILES string of the molecule is Cc1ccc(S(=O)(=O)N2[C@@H](C#C[Si](C)(C)C)[C@@H]2c2ccccc2)cc1. The van der Waals surface area contributed by atoms with Crippen molar-refractivity contribution in [3.8, 4) is 11.5 Å². The van der Waals surface area contributed by atoms with Crippen LogP contribution in [0.2, 0.25) is 19.6 Å². The van der Waals surface area contributed by atoms with E-state index in [-0.39, 0.29) is 12.1 Å². The van der Waals surface area contributed by atoms with Gasteiger partial charge in [0.15, 0.2) is 0 Å². The van der Waals surface area contributed by atoms with Gasteiger partial charge in [-0.1, -0.05) is 73.6 Å². The number of benzene rings is 2. The minimum Gasteiger partial charge on any atom is -0.207 e. The number of aryl methyl sites for hydroxylation is 1. The summed E-state index contributed by atoms with van der Waals surface area (Å²) >= 11 is 0. The van der Waals surface area contributed by atoms with Crippen molar-refractivity contribution in [2.24, 2.45) is 0 Å². The predicted molar refractivity (Wildman–Crippen MR) is 104 cm³/mol. The molecule has 2 aromatic rings. The van der Waals surface area contributed by atoms with E-state index in [9.17, 15) is 8.42 Å². The van der Waals surface area contributed by atoms with Gasteiger partial charge in [-0.2, -0.15) is 4.31 Å². The van der Waals surface area contributed by atoms with Crippen LogP contribution in [0.1, 0.15) is 17.2 Å². The first-order valence-electron chi connectivity index (χ1n) is 8.38. The van der Waals surface area contributed by atoms with Crippen molar-refractivity contribution in [2.45, 2.75) is 43.5 Å². The van der Waals surface area contributed by atoms with Crippen molar-refractivity contribution >= 4 is 18.1 Å². The fourth-order valence-corrected chi connectivity index (χ4v) is 5.01. The van der Waals surface area contributed by atoms with Gasteiger partial charge in [-0.05, 0) is 24.6 Å². The molecule has 0 amide bonds. The van der Waals surface area contributed by atoms with Crippen molar-refractivity contribution in [3.63, 3.8) is 0 Å². The molecule has 3 rings (SSSR count). The second-order valence-electron chi connectivity index (χ2n) is 7.47. The first-order chi connectivity index (χ1) is 11.7. The van der Waals surface area contributed by atoms with Crippen LogP contribution in [0.5, 0.6) is 0 Å². The molecule has 1 saturated heterocycles. The lowest BCUT2D eigenvalue weighted by Gasteiger charge is -2.07. The highest BCUT2D eigenvalue weighted by Crippen LogP contribution is 2.47. The maximum atomic E-state index is 13.1. The van der Waals surface area contributed by atoms with Gasteiger partial charge in [0.05, 0.1) is 10.9 Å². The minimum atomic E-state index is -3.55. The van der Waals surface area contributed by atoms with E-state index in [1.165, 1.54) is 0 Å². The van der Waals surface area contributed by atoms with Gasteiger partial charge in [0.2, 0.25) is 10.0 Å². The fourth-order valence-electron chi connectivity index (χ4n) is 2.75. The molecule has 0 saturated carbocycles. The van der Waals surface area contributed by atoms with Crippen LogP contribution in [-0.2, 0) is 10.0 Å². The molecule has 1 aliphatic rings. The largest absolute Gasteiger partial charge is 0.244 e. The highest BCUT2D eigenvalue weighted by Gasteiger charge is 2.55. The molecule has 0 N–H and O–H groups in total. The van der Waals surface area contributed by atoms with Gasteiger partial charge in [-0.25, -0.2) is 8.42 Å². The van der Waals surface area contributed by atoms with Gasteiger partial charge >= 0.3 is 0 Å². The highest BCUT2D eigenvalue weighted by atomic mass is 32.2. The number of hydrogen-bond acceptors (Lipinski definition) is 2. The molecule has 1 aliphatic heterocycles. The normalized spacial score (nSPS) is 22.8. The summed E-state index contributed by atoms with van der Waals surface area (Å²) in [5.74, 6) is 3.24. The second kappa shape index (κ2) is 6.45. The first-order valence-corrected chi connectivity index (χ1v) is 13.3. The van der Waals surface area contributed by atoms with Gasteiger partial charge < -0.3 is 0 Å². The van der Waals surface area contributed by atoms with Gasteiger partial charge in [0.25, 0.3) is 0 Å². The molecule has 0 bridgehead atoms. The van der Waals surface area contributed by atoms with Crippen molar-refractivity contribution in [1.82, 2.24) is 4.31 Å². The van der Waals surface area contributed by atoms with Crippen molar-refractivity contribution in [1.29, 1.82) is 0 Å². The molecule has 2 aromatic carbocycles. The number of nitrogens with zero attached hydrogens (tertiary/aromatic N) is 1. The molecule has 0 radical (unpaired) electrons. The molecule has 5 heteroatoms. The lowest BCUT2D eigenvalue weighted by molar-refractivity contribution is 0.551. The van der Waals surface area contributed by atoms with Crippen molar-refractivity contribution in [2.75, 3.05) is 0 Å². The van der Waals surface area contributed by atoms with E-state index in [0.29, 0.717) is 4.90 Å². The standard InChI is InChI=1S/C20H23NO2SSi/c1-16-10-12-18(13-11-16)24(22,23)21-19(14-15-25(2,3)4)20(21)17-8-6-5-7-9-17/h5-13,19-20H,1-4H3/t19-,20-,21?/m0/s1. The first kappa shape index (κ1) is 17.9. The van der Waals surface area contributed by atoms with Crippen LogP contribution in [0.4, 0.5) is 0 Å². The Morgan fingerprint density at radius 2 is 1.56 bits per heavy atom. The smallest absolute Gasteiger partial charge is 0.207 e. The lowest BCUT2D eigenvalue weighted by Crippen LogP contribution is -2.18. The Morgan fingerprint density at radius 3 is 2.12 bits per heavy atom.